The summed E-state index contributed by atoms with van der Waals surface area (Å²) < 4.78 is 1.84. The molecule has 0 atom stereocenters. The van der Waals surface area contributed by atoms with Crippen molar-refractivity contribution in [2.24, 2.45) is 0 Å². The van der Waals surface area contributed by atoms with E-state index in [4.69, 9.17) is 34.8 Å². The first-order valence-corrected chi connectivity index (χ1v) is 14.9. The summed E-state index contributed by atoms with van der Waals surface area (Å²) in [7, 11) is 0. The molecule has 0 spiro atoms. The number of carbonyl (C=O) groups excluding carboxylic acids is 2. The van der Waals surface area contributed by atoms with Crippen LogP contribution < -0.4 is 0 Å². The highest BCUT2D eigenvalue weighted by molar-refractivity contribution is 9.10. The fraction of sp³-hybridized carbons (Fsp3) is 0. The zero-order chi connectivity index (χ0) is 28.8. The van der Waals surface area contributed by atoms with Crippen molar-refractivity contribution in [3.05, 3.63) is 127 Å². The molecule has 4 nitrogen and oxygen atoms in total. The predicted octanol–water partition coefficient (Wildman–Crippen LogP) is 10.6. The quantitative estimate of drug-likeness (QED) is 0.132. The number of hydrogen-bond acceptors (Lipinski definition) is 4. The number of hydrogen-bond donors (Lipinski definition) is 0. The molecule has 1 aliphatic rings. The summed E-state index contributed by atoms with van der Waals surface area (Å²) in [6, 6.07) is 28.5. The Hall–Kier alpha value is -3.13. The van der Waals surface area contributed by atoms with Gasteiger partial charge in [0.25, 0.3) is 5.24 Å². The fourth-order valence-electron chi connectivity index (χ4n) is 5.02. The first-order valence-electron chi connectivity index (χ1n) is 12.2. The summed E-state index contributed by atoms with van der Waals surface area (Å²) in [5.74, 6) is -0.0463. The molecule has 200 valence electrons. The van der Waals surface area contributed by atoms with E-state index in [1.54, 1.807) is 0 Å². The van der Waals surface area contributed by atoms with Gasteiger partial charge in [-0.3, -0.25) is 9.59 Å². The Morgan fingerprint density at radius 3 is 1.78 bits per heavy atom. The third-order valence-corrected chi connectivity index (χ3v) is 8.46. The Labute approximate surface area is 266 Å². The molecule has 2 aromatic heterocycles. The van der Waals surface area contributed by atoms with Gasteiger partial charge < -0.3 is 0 Å². The summed E-state index contributed by atoms with van der Waals surface area (Å²) in [5.41, 5.74) is 6.33. The van der Waals surface area contributed by atoms with Crippen molar-refractivity contribution < 1.29 is 9.59 Å². The molecule has 0 N–H and O–H groups in total. The van der Waals surface area contributed by atoms with Gasteiger partial charge in [0.1, 0.15) is 10.3 Å². The number of halogens is 5. The number of pyridine rings is 2. The molecule has 0 amide bonds. The number of rotatable bonds is 2. The first kappa shape index (κ1) is 28.0. The minimum atomic E-state index is -0.617. The number of benzene rings is 4. The molecule has 0 bridgehead atoms. The second-order valence-electron chi connectivity index (χ2n) is 9.14. The van der Waals surface area contributed by atoms with Crippen LogP contribution in [0.4, 0.5) is 0 Å². The fourth-order valence-corrected chi connectivity index (χ4v) is 6.51. The summed E-state index contributed by atoms with van der Waals surface area (Å²) in [6.45, 7) is 0. The Bertz CT molecular complexity index is 2050. The highest BCUT2D eigenvalue weighted by Crippen LogP contribution is 2.44. The summed E-state index contributed by atoms with van der Waals surface area (Å²) >= 11 is 25.0. The molecule has 6 aromatic rings. The minimum Gasteiger partial charge on any atom is -0.288 e. The number of nitrogens with zero attached hydrogens (tertiary/aromatic N) is 2. The van der Waals surface area contributed by atoms with Crippen LogP contribution in [0, 0.1) is 0 Å². The van der Waals surface area contributed by atoms with Crippen molar-refractivity contribution in [1.29, 1.82) is 0 Å². The van der Waals surface area contributed by atoms with Crippen molar-refractivity contribution >= 4 is 99.5 Å². The van der Waals surface area contributed by atoms with Gasteiger partial charge in [-0.05, 0) is 59.1 Å². The van der Waals surface area contributed by atoms with Crippen LogP contribution in [0.5, 0.6) is 0 Å². The lowest BCUT2D eigenvalue weighted by Gasteiger charge is -2.12. The smallest absolute Gasteiger partial charge is 0.256 e. The van der Waals surface area contributed by atoms with Crippen LogP contribution in [-0.4, -0.2) is 21.0 Å². The maximum Gasteiger partial charge on any atom is 0.256 e. The Balaban J connectivity index is 0.000000148. The summed E-state index contributed by atoms with van der Waals surface area (Å²) in [4.78, 5) is 32.9. The molecule has 41 heavy (non-hydrogen) atoms. The van der Waals surface area contributed by atoms with Gasteiger partial charge in [-0.15, -0.1) is 0 Å². The monoisotopic (exact) mass is 722 g/mol. The van der Waals surface area contributed by atoms with Crippen LogP contribution in [0.1, 0.15) is 26.3 Å². The lowest BCUT2D eigenvalue weighted by atomic mass is 9.97. The molecule has 0 aliphatic heterocycles. The minimum absolute atomic E-state index is 0.0463. The highest BCUT2D eigenvalue weighted by atomic mass is 79.9. The van der Waals surface area contributed by atoms with Crippen LogP contribution in [0.2, 0.25) is 10.3 Å². The SMILES string of the molecule is O=C(Cl)c1c(Cl)nc2ccc(Br)cc2c1-c1ccccc1.O=C1c2ccccc2-c2c1c(Cl)nc1ccc(Br)cc21. The summed E-state index contributed by atoms with van der Waals surface area (Å²) in [6.07, 6.45) is 0. The molecule has 0 fully saturated rings. The van der Waals surface area contributed by atoms with Crippen molar-refractivity contribution in [3.63, 3.8) is 0 Å². The largest absolute Gasteiger partial charge is 0.288 e. The van der Waals surface area contributed by atoms with Gasteiger partial charge in [-0.2, -0.15) is 0 Å². The maximum absolute atomic E-state index is 12.5. The molecule has 4 aromatic carbocycles. The average molecular weight is 726 g/mol. The van der Waals surface area contributed by atoms with E-state index in [-0.39, 0.29) is 21.7 Å². The van der Waals surface area contributed by atoms with Crippen molar-refractivity contribution in [3.8, 4) is 22.3 Å². The van der Waals surface area contributed by atoms with E-state index in [0.717, 1.165) is 41.9 Å². The second-order valence-corrected chi connectivity index (χ2v) is 12.0. The molecule has 0 unspecified atom stereocenters. The van der Waals surface area contributed by atoms with Gasteiger partial charge in [0.2, 0.25) is 0 Å². The van der Waals surface area contributed by atoms with E-state index in [9.17, 15) is 9.59 Å². The molecular formula is C32H15Br2Cl3N2O2. The van der Waals surface area contributed by atoms with Gasteiger partial charge in [-0.1, -0.05) is 110 Å². The van der Waals surface area contributed by atoms with E-state index >= 15 is 0 Å². The normalized spacial score (nSPS) is 11.7. The van der Waals surface area contributed by atoms with Crippen LogP contribution in [0.15, 0.2) is 99.9 Å². The Kier molecular flexibility index (Phi) is 7.70. The van der Waals surface area contributed by atoms with Crippen LogP contribution >= 0.6 is 66.7 Å². The lowest BCUT2D eigenvalue weighted by Crippen LogP contribution is -1.99. The highest BCUT2D eigenvalue weighted by Gasteiger charge is 2.31. The number of aromatic nitrogens is 2. The number of carbonyl (C=O) groups is 2. The van der Waals surface area contributed by atoms with Crippen molar-refractivity contribution in [2.75, 3.05) is 0 Å². The molecule has 7 rings (SSSR count). The molecule has 0 saturated heterocycles. The Morgan fingerprint density at radius 1 is 0.634 bits per heavy atom. The average Bonchev–Trinajstić information content (AvgIpc) is 3.27. The second kappa shape index (κ2) is 11.3. The van der Waals surface area contributed by atoms with E-state index in [1.807, 2.05) is 91.0 Å². The van der Waals surface area contributed by atoms with Gasteiger partial charge >= 0.3 is 0 Å². The predicted molar refractivity (Wildman–Crippen MR) is 173 cm³/mol. The first-order chi connectivity index (χ1) is 19.7. The zero-order valence-corrected chi connectivity index (χ0v) is 26.2. The lowest BCUT2D eigenvalue weighted by molar-refractivity contribution is 0.104. The topological polar surface area (TPSA) is 59.9 Å². The van der Waals surface area contributed by atoms with E-state index in [2.05, 4.69) is 41.8 Å². The summed E-state index contributed by atoms with van der Waals surface area (Å²) in [5, 5.41) is 1.54. The Morgan fingerprint density at radius 2 is 1.17 bits per heavy atom. The molecular weight excluding hydrogens is 711 g/mol. The standard InChI is InChI=1S/C16H8BrCl2NO.C16H7BrClNO/c17-10-6-7-12-11(8-10)13(9-4-2-1-3-5-9)14(16(19)21)15(18)20-12;17-8-5-6-12-11(7-8)13-9-3-1-2-4-10(9)15(20)14(13)16(18)19-12/h1-8H;1-7H. The third-order valence-electron chi connectivity index (χ3n) is 6.73. The van der Waals surface area contributed by atoms with Crippen molar-refractivity contribution in [2.45, 2.75) is 0 Å². The van der Waals surface area contributed by atoms with Crippen LogP contribution in [0.25, 0.3) is 44.1 Å². The van der Waals surface area contributed by atoms with Crippen LogP contribution in [-0.2, 0) is 0 Å². The van der Waals surface area contributed by atoms with Gasteiger partial charge in [-0.25, -0.2) is 9.97 Å². The van der Waals surface area contributed by atoms with Gasteiger partial charge in [0.05, 0.1) is 22.2 Å². The number of ketones is 1. The van der Waals surface area contributed by atoms with Gasteiger partial charge in [0.15, 0.2) is 5.78 Å². The van der Waals surface area contributed by atoms with Crippen molar-refractivity contribution in [1.82, 2.24) is 9.97 Å². The zero-order valence-electron chi connectivity index (χ0n) is 20.8. The number of fused-ring (bicyclic) bond motifs is 6. The molecule has 0 radical (unpaired) electrons. The maximum atomic E-state index is 12.5. The third kappa shape index (κ3) is 5.09. The molecule has 9 heteroatoms. The van der Waals surface area contributed by atoms with E-state index < -0.39 is 5.24 Å². The van der Waals surface area contributed by atoms with Gasteiger partial charge in [0, 0.05) is 36.4 Å². The molecule has 2 heterocycles. The molecule has 0 saturated carbocycles. The molecule has 1 aliphatic carbocycles. The van der Waals surface area contributed by atoms with E-state index in [1.165, 1.54) is 0 Å². The van der Waals surface area contributed by atoms with Crippen LogP contribution in [0.3, 0.4) is 0 Å². The van der Waals surface area contributed by atoms with E-state index in [0.29, 0.717) is 22.2 Å².